The van der Waals surface area contributed by atoms with Crippen LogP contribution in [0.5, 0.6) is 0 Å². The number of nitrogens with two attached hydrogens (primary N) is 1. The number of anilines is 3. The molecule has 2 aromatic heterocycles. The molecule has 0 saturated heterocycles. The smallest absolute Gasteiger partial charge is 0.248 e. The highest BCUT2D eigenvalue weighted by Gasteiger charge is 2.25. The van der Waals surface area contributed by atoms with Crippen molar-refractivity contribution >= 4 is 17.6 Å². The fourth-order valence-corrected chi connectivity index (χ4v) is 7.67. The summed E-state index contributed by atoms with van der Waals surface area (Å²) in [6, 6.07) is 17.3. The van der Waals surface area contributed by atoms with Gasteiger partial charge in [0, 0.05) is 11.3 Å². The van der Waals surface area contributed by atoms with Gasteiger partial charge in [-0.2, -0.15) is 9.67 Å². The van der Waals surface area contributed by atoms with Crippen LogP contribution >= 0.6 is 0 Å². The molecule has 0 aliphatic heterocycles. The summed E-state index contributed by atoms with van der Waals surface area (Å²) in [4.78, 5) is 4.53. The van der Waals surface area contributed by atoms with Crippen LogP contribution in [0, 0.1) is 11.8 Å². The molecule has 3 aliphatic carbocycles. The highest BCUT2D eigenvalue weighted by molar-refractivity contribution is 5.68. The lowest BCUT2D eigenvalue weighted by Gasteiger charge is -2.26. The zero-order chi connectivity index (χ0) is 28.3. The van der Waals surface area contributed by atoms with E-state index in [4.69, 9.17) is 5.73 Å². The minimum absolute atomic E-state index is 0.299. The summed E-state index contributed by atoms with van der Waals surface area (Å²) in [7, 11) is 0. The lowest BCUT2D eigenvalue weighted by molar-refractivity contribution is 0.259. The van der Waals surface area contributed by atoms with E-state index in [1.807, 2.05) is 0 Å². The van der Waals surface area contributed by atoms with Gasteiger partial charge < -0.3 is 11.1 Å². The fourth-order valence-electron chi connectivity index (χ4n) is 7.67. The monoisotopic (exact) mass is 561 g/mol. The van der Waals surface area contributed by atoms with Crippen molar-refractivity contribution in [3.05, 3.63) is 70.8 Å². The van der Waals surface area contributed by atoms with Gasteiger partial charge in [0.05, 0.1) is 5.69 Å². The van der Waals surface area contributed by atoms with E-state index in [-0.39, 0.29) is 0 Å². The lowest BCUT2D eigenvalue weighted by atomic mass is 9.80. The average molecular weight is 562 g/mol. The number of hydrogen-bond donors (Lipinski definition) is 2. The molecule has 1 atom stereocenters. The van der Waals surface area contributed by atoms with E-state index in [2.05, 4.69) is 74.1 Å². The first-order valence-electron chi connectivity index (χ1n) is 16.3. The molecule has 42 heavy (non-hydrogen) atoms. The predicted molar refractivity (Wildman–Crippen MR) is 169 cm³/mol. The zero-order valence-corrected chi connectivity index (χ0v) is 24.7. The van der Waals surface area contributed by atoms with Crippen molar-refractivity contribution in [2.45, 2.75) is 96.3 Å². The Labute approximate surface area is 249 Å². The SMILES string of the molecule is Nc1nc(Nc2ccc3c(c2)CC[C@@H](C2CCCCCCCC2)CC3)nn1-c1cc2c(nn1)-c1ccccc1CCC2. The maximum absolute atomic E-state index is 6.34. The molecule has 0 bridgehead atoms. The second kappa shape index (κ2) is 12.2. The number of nitrogens with one attached hydrogen (secondary N) is 1. The lowest BCUT2D eigenvalue weighted by Crippen LogP contribution is -2.15. The molecule has 3 N–H and O–H groups in total. The van der Waals surface area contributed by atoms with Crippen molar-refractivity contribution in [3.8, 4) is 17.1 Å². The summed E-state index contributed by atoms with van der Waals surface area (Å²) < 4.78 is 1.59. The second-order valence-corrected chi connectivity index (χ2v) is 12.7. The van der Waals surface area contributed by atoms with Crippen LogP contribution in [0.4, 0.5) is 17.6 Å². The number of rotatable bonds is 4. The van der Waals surface area contributed by atoms with Crippen LogP contribution < -0.4 is 11.1 Å². The fraction of sp³-hybridized carbons (Fsp3) is 0.486. The van der Waals surface area contributed by atoms with Gasteiger partial charge in [-0.3, -0.25) is 0 Å². The zero-order valence-electron chi connectivity index (χ0n) is 24.7. The van der Waals surface area contributed by atoms with Gasteiger partial charge in [-0.1, -0.05) is 81.7 Å². The van der Waals surface area contributed by atoms with Gasteiger partial charge in [-0.05, 0) is 97.2 Å². The molecule has 0 radical (unpaired) electrons. The highest BCUT2D eigenvalue weighted by Crippen LogP contribution is 2.37. The molecule has 218 valence electrons. The molecule has 7 nitrogen and oxygen atoms in total. The molecule has 1 saturated carbocycles. The van der Waals surface area contributed by atoms with E-state index in [1.165, 1.54) is 98.4 Å². The first kappa shape index (κ1) is 27.1. The van der Waals surface area contributed by atoms with Crippen LogP contribution in [0.2, 0.25) is 0 Å². The number of benzene rings is 2. The van der Waals surface area contributed by atoms with Gasteiger partial charge >= 0.3 is 0 Å². The van der Waals surface area contributed by atoms with E-state index in [9.17, 15) is 0 Å². The minimum Gasteiger partial charge on any atom is -0.368 e. The number of aryl methyl sites for hydroxylation is 4. The molecule has 1 fully saturated rings. The Morgan fingerprint density at radius 3 is 2.26 bits per heavy atom. The van der Waals surface area contributed by atoms with E-state index in [0.717, 1.165) is 48.9 Å². The van der Waals surface area contributed by atoms with Crippen LogP contribution in [0.25, 0.3) is 17.1 Å². The van der Waals surface area contributed by atoms with Crippen LogP contribution in [0.15, 0.2) is 48.5 Å². The molecule has 7 heteroatoms. The molecule has 0 amide bonds. The Hall–Kier alpha value is -3.74. The Morgan fingerprint density at radius 1 is 0.667 bits per heavy atom. The second-order valence-electron chi connectivity index (χ2n) is 12.7. The van der Waals surface area contributed by atoms with Crippen LogP contribution in [-0.2, 0) is 25.7 Å². The van der Waals surface area contributed by atoms with Crippen LogP contribution in [0.3, 0.4) is 0 Å². The van der Waals surface area contributed by atoms with E-state index in [0.29, 0.717) is 17.7 Å². The Kier molecular flexibility index (Phi) is 7.90. The van der Waals surface area contributed by atoms with Gasteiger partial charge in [0.15, 0.2) is 5.82 Å². The maximum atomic E-state index is 6.34. The molecule has 3 aliphatic rings. The van der Waals surface area contributed by atoms with Crippen molar-refractivity contribution in [1.82, 2.24) is 25.0 Å². The maximum Gasteiger partial charge on any atom is 0.248 e. The van der Waals surface area contributed by atoms with Crippen molar-refractivity contribution < 1.29 is 0 Å². The van der Waals surface area contributed by atoms with Gasteiger partial charge in [0.2, 0.25) is 11.9 Å². The van der Waals surface area contributed by atoms with Crippen molar-refractivity contribution in [1.29, 1.82) is 0 Å². The van der Waals surface area contributed by atoms with Crippen molar-refractivity contribution in [2.75, 3.05) is 11.1 Å². The van der Waals surface area contributed by atoms with Gasteiger partial charge in [-0.25, -0.2) is 0 Å². The summed E-state index contributed by atoms with van der Waals surface area (Å²) in [6.45, 7) is 0. The first-order valence-corrected chi connectivity index (χ1v) is 16.3. The Bertz CT molecular complexity index is 1530. The summed E-state index contributed by atoms with van der Waals surface area (Å²) in [5.74, 6) is 3.15. The number of fused-ring (bicyclic) bond motifs is 4. The quantitative estimate of drug-likeness (QED) is 0.247. The topological polar surface area (TPSA) is 94.5 Å². The molecule has 7 rings (SSSR count). The predicted octanol–water partition coefficient (Wildman–Crippen LogP) is 7.78. The van der Waals surface area contributed by atoms with Gasteiger partial charge in [0.1, 0.15) is 0 Å². The third-order valence-electron chi connectivity index (χ3n) is 9.97. The third kappa shape index (κ3) is 5.79. The minimum atomic E-state index is 0.299. The largest absolute Gasteiger partial charge is 0.368 e. The third-order valence-corrected chi connectivity index (χ3v) is 9.97. The number of hydrogen-bond acceptors (Lipinski definition) is 6. The van der Waals surface area contributed by atoms with E-state index in [1.54, 1.807) is 4.68 Å². The van der Waals surface area contributed by atoms with E-state index < -0.39 is 0 Å². The Balaban J connectivity index is 1.06. The number of nitrogens with zero attached hydrogens (tertiary/aromatic N) is 5. The van der Waals surface area contributed by atoms with Crippen LogP contribution in [-0.4, -0.2) is 25.0 Å². The Morgan fingerprint density at radius 2 is 1.40 bits per heavy atom. The summed E-state index contributed by atoms with van der Waals surface area (Å²) in [5, 5.41) is 17.2. The van der Waals surface area contributed by atoms with Gasteiger partial charge in [-0.15, -0.1) is 15.3 Å². The summed E-state index contributed by atoms with van der Waals surface area (Å²) >= 11 is 0. The first-order chi connectivity index (χ1) is 20.7. The molecule has 2 heterocycles. The summed E-state index contributed by atoms with van der Waals surface area (Å²) in [5.41, 5.74) is 15.0. The molecular formula is C35H43N7. The molecule has 0 spiro atoms. The molecule has 0 unspecified atom stereocenters. The van der Waals surface area contributed by atoms with E-state index >= 15 is 0 Å². The number of aromatic nitrogens is 5. The standard InChI is InChI=1S/C35H43N7/c36-34-38-35(41-42(34)32-23-29-14-9-13-27-12-7-8-15-31(27)33(29)40-39-32)37-30-21-20-26-17-16-25(18-19-28(26)22-30)24-10-5-3-1-2-4-6-11-24/h7-8,12,15,20-25H,1-6,9-11,13-14,16-19H2,(H3,36,37,38,41)/t25-/m0/s1. The van der Waals surface area contributed by atoms with Crippen LogP contribution in [0.1, 0.15) is 92.9 Å². The average Bonchev–Trinajstić information content (AvgIpc) is 3.20. The normalized spacial score (nSPS) is 19.7. The van der Waals surface area contributed by atoms with Gasteiger partial charge in [0.25, 0.3) is 0 Å². The highest BCUT2D eigenvalue weighted by atomic mass is 15.4. The number of nitrogen functional groups attached to an aromatic ring is 1. The molecule has 4 aromatic rings. The summed E-state index contributed by atoms with van der Waals surface area (Å²) in [6.07, 6.45) is 19.5. The molecule has 2 aromatic carbocycles. The van der Waals surface area contributed by atoms with Crippen molar-refractivity contribution in [3.63, 3.8) is 0 Å². The van der Waals surface area contributed by atoms with Crippen molar-refractivity contribution in [2.24, 2.45) is 11.8 Å². The molecular weight excluding hydrogens is 518 g/mol.